The summed E-state index contributed by atoms with van der Waals surface area (Å²) in [4.78, 5) is 7.96. The zero-order valence-corrected chi connectivity index (χ0v) is 19.6. The first-order valence-corrected chi connectivity index (χ1v) is 12.9. The number of aliphatic hydroxyl groups is 1. The molecule has 1 fully saturated rings. The van der Waals surface area contributed by atoms with Gasteiger partial charge in [0.15, 0.2) is 21.7 Å². The number of rotatable bonds is 6. The molecular weight excluding hydrogens is 432 g/mol. The molecule has 2 atom stereocenters. The smallest absolute Gasteiger partial charge is 0.190 e. The Bertz CT molecular complexity index is 1240. The molecule has 0 saturated carbocycles. The first kappa shape index (κ1) is 22.1. The van der Waals surface area contributed by atoms with Crippen LogP contribution in [0.1, 0.15) is 18.4 Å². The molecule has 7 heteroatoms. The van der Waals surface area contributed by atoms with Crippen LogP contribution in [0.25, 0.3) is 27.9 Å². The molecule has 2 aromatic carbocycles. The van der Waals surface area contributed by atoms with E-state index in [2.05, 4.69) is 34.3 Å². The predicted octanol–water partition coefficient (Wildman–Crippen LogP) is 4.14. The Labute approximate surface area is 197 Å². The standard InChI is InChI=1S/C26H29N4O2S/c1-33(32)24-6-2-4-21(14-24)25-16-28-30-17-22(15-27-26(25)30)20-9-7-19(8-10-20)11-13-29-12-3-5-23(31)18-29/h2,4,6-10,14-17,23,31-32H,3,5,11-13,18H2,1H3/q+1. The molecular formula is C26H29N4O2S+. The number of piperidine rings is 1. The number of fused-ring (bicyclic) bond motifs is 1. The van der Waals surface area contributed by atoms with Crippen LogP contribution in [0.3, 0.4) is 0 Å². The monoisotopic (exact) mass is 461 g/mol. The van der Waals surface area contributed by atoms with Crippen LogP contribution in [-0.2, 0) is 17.6 Å². The molecule has 3 heterocycles. The van der Waals surface area contributed by atoms with Crippen molar-refractivity contribution in [2.75, 3.05) is 25.9 Å². The van der Waals surface area contributed by atoms with Gasteiger partial charge in [-0.1, -0.05) is 36.4 Å². The molecule has 1 aliphatic heterocycles. The minimum atomic E-state index is -0.782. The van der Waals surface area contributed by atoms with Gasteiger partial charge in [0.2, 0.25) is 0 Å². The Morgan fingerprint density at radius 3 is 2.70 bits per heavy atom. The lowest BCUT2D eigenvalue weighted by molar-refractivity contribution is 0.0714. The van der Waals surface area contributed by atoms with Crippen molar-refractivity contribution in [1.82, 2.24) is 19.5 Å². The Kier molecular flexibility index (Phi) is 6.46. The summed E-state index contributed by atoms with van der Waals surface area (Å²) in [5, 5.41) is 14.4. The number of hydrogen-bond acceptors (Lipinski definition) is 5. The van der Waals surface area contributed by atoms with Crippen LogP contribution in [0.5, 0.6) is 0 Å². The summed E-state index contributed by atoms with van der Waals surface area (Å²) in [7, 11) is 0. The Hall–Kier alpha value is -2.71. The summed E-state index contributed by atoms with van der Waals surface area (Å²) in [5.41, 5.74) is 6.17. The Morgan fingerprint density at radius 2 is 1.91 bits per heavy atom. The highest BCUT2D eigenvalue weighted by Gasteiger charge is 2.17. The van der Waals surface area contributed by atoms with E-state index >= 15 is 0 Å². The fourth-order valence-electron chi connectivity index (χ4n) is 4.46. The maximum Gasteiger partial charge on any atom is 0.190 e. The summed E-state index contributed by atoms with van der Waals surface area (Å²) in [5.74, 6) is 0. The largest absolute Gasteiger partial charge is 0.392 e. The first-order valence-electron chi connectivity index (χ1n) is 11.4. The number of aromatic nitrogens is 3. The number of β-amino-alcohol motifs (C(OH)–C–C–N with tert-alkyl or cyclic N) is 1. The van der Waals surface area contributed by atoms with Crippen molar-refractivity contribution in [3.63, 3.8) is 0 Å². The van der Waals surface area contributed by atoms with E-state index in [9.17, 15) is 9.66 Å². The summed E-state index contributed by atoms with van der Waals surface area (Å²) in [6, 6.07) is 16.5. The third kappa shape index (κ3) is 4.96. The number of aliphatic hydroxyl groups excluding tert-OH is 1. The van der Waals surface area contributed by atoms with Crippen LogP contribution in [-0.4, -0.2) is 61.2 Å². The summed E-state index contributed by atoms with van der Waals surface area (Å²) < 4.78 is 11.7. The minimum absolute atomic E-state index is 0.172. The molecule has 6 nitrogen and oxygen atoms in total. The summed E-state index contributed by atoms with van der Waals surface area (Å²) in [6.07, 6.45) is 10.3. The third-order valence-electron chi connectivity index (χ3n) is 6.33. The van der Waals surface area contributed by atoms with E-state index in [0.29, 0.717) is 0 Å². The van der Waals surface area contributed by atoms with Gasteiger partial charge in [-0.3, -0.25) is 0 Å². The van der Waals surface area contributed by atoms with Gasteiger partial charge in [-0.25, -0.2) is 9.50 Å². The number of likely N-dealkylation sites (tertiary alicyclic amines) is 1. The van der Waals surface area contributed by atoms with Crippen LogP contribution >= 0.6 is 0 Å². The predicted molar refractivity (Wildman–Crippen MR) is 133 cm³/mol. The lowest BCUT2D eigenvalue weighted by Gasteiger charge is -2.29. The third-order valence-corrected chi connectivity index (χ3v) is 7.26. The van der Waals surface area contributed by atoms with E-state index in [1.165, 1.54) is 5.56 Å². The SMILES string of the molecule is C[S+](O)c1cccc(-c2cnn3cc(-c4ccc(CCN5CCCC(O)C5)cc4)cnc23)c1. The van der Waals surface area contributed by atoms with Gasteiger partial charge < -0.3 is 10.0 Å². The van der Waals surface area contributed by atoms with Crippen LogP contribution in [0, 0.1) is 0 Å². The molecule has 5 rings (SSSR count). The van der Waals surface area contributed by atoms with Crippen molar-refractivity contribution < 1.29 is 9.66 Å². The fourth-order valence-corrected chi connectivity index (χ4v) is 5.03. The summed E-state index contributed by atoms with van der Waals surface area (Å²) >= 11 is -0.782. The van der Waals surface area contributed by atoms with Crippen molar-refractivity contribution in [3.05, 3.63) is 72.7 Å². The van der Waals surface area contributed by atoms with Gasteiger partial charge in [0.25, 0.3) is 0 Å². The Balaban J connectivity index is 1.32. The van der Waals surface area contributed by atoms with E-state index in [0.717, 1.165) is 71.7 Å². The Morgan fingerprint density at radius 1 is 1.06 bits per heavy atom. The molecule has 33 heavy (non-hydrogen) atoms. The number of nitrogens with zero attached hydrogens (tertiary/aromatic N) is 4. The van der Waals surface area contributed by atoms with Crippen molar-refractivity contribution >= 4 is 16.8 Å². The van der Waals surface area contributed by atoms with Gasteiger partial charge in [-0.15, -0.1) is 0 Å². The average molecular weight is 462 g/mol. The molecule has 0 radical (unpaired) electrons. The quantitative estimate of drug-likeness (QED) is 0.422. The molecule has 1 aliphatic rings. The second kappa shape index (κ2) is 9.65. The number of benzene rings is 2. The molecule has 2 unspecified atom stereocenters. The maximum absolute atomic E-state index is 9.93. The number of hydrogen-bond donors (Lipinski definition) is 2. The molecule has 0 amide bonds. The maximum atomic E-state index is 9.93. The van der Waals surface area contributed by atoms with Gasteiger partial charge >= 0.3 is 0 Å². The van der Waals surface area contributed by atoms with Crippen LogP contribution in [0.4, 0.5) is 0 Å². The van der Waals surface area contributed by atoms with E-state index in [1.807, 2.05) is 47.4 Å². The molecule has 4 aromatic rings. The fraction of sp³-hybridized carbons (Fsp3) is 0.308. The second-order valence-corrected chi connectivity index (χ2v) is 10.1. The molecule has 2 N–H and O–H groups in total. The van der Waals surface area contributed by atoms with Crippen molar-refractivity contribution in [2.24, 2.45) is 0 Å². The van der Waals surface area contributed by atoms with Crippen molar-refractivity contribution in [3.8, 4) is 22.3 Å². The average Bonchev–Trinajstić information content (AvgIpc) is 3.26. The zero-order chi connectivity index (χ0) is 22.8. The molecule has 0 aliphatic carbocycles. The summed E-state index contributed by atoms with van der Waals surface area (Å²) in [6.45, 7) is 2.85. The minimum Gasteiger partial charge on any atom is -0.392 e. The van der Waals surface area contributed by atoms with Crippen molar-refractivity contribution in [1.29, 1.82) is 0 Å². The van der Waals surface area contributed by atoms with Gasteiger partial charge in [-0.2, -0.15) is 9.65 Å². The lowest BCUT2D eigenvalue weighted by atomic mass is 10.0. The highest BCUT2D eigenvalue weighted by atomic mass is 32.2. The van der Waals surface area contributed by atoms with Gasteiger partial charge in [0.05, 0.1) is 12.3 Å². The lowest BCUT2D eigenvalue weighted by Crippen LogP contribution is -2.39. The van der Waals surface area contributed by atoms with E-state index in [1.54, 1.807) is 6.26 Å². The van der Waals surface area contributed by atoms with Gasteiger partial charge in [0, 0.05) is 42.7 Å². The van der Waals surface area contributed by atoms with Crippen molar-refractivity contribution in [2.45, 2.75) is 30.3 Å². The second-order valence-electron chi connectivity index (χ2n) is 8.72. The molecule has 2 aromatic heterocycles. The van der Waals surface area contributed by atoms with Gasteiger partial charge in [0.1, 0.15) is 6.26 Å². The topological polar surface area (TPSA) is 73.9 Å². The molecule has 0 spiro atoms. The van der Waals surface area contributed by atoms with Crippen LogP contribution in [0.2, 0.25) is 0 Å². The molecule has 170 valence electrons. The van der Waals surface area contributed by atoms with Crippen LogP contribution in [0.15, 0.2) is 72.0 Å². The van der Waals surface area contributed by atoms with E-state index < -0.39 is 11.2 Å². The highest BCUT2D eigenvalue weighted by Crippen LogP contribution is 2.27. The highest BCUT2D eigenvalue weighted by molar-refractivity contribution is 7.90. The van der Waals surface area contributed by atoms with Gasteiger partial charge in [-0.05, 0) is 48.6 Å². The molecule has 1 saturated heterocycles. The first-order chi connectivity index (χ1) is 16.1. The normalized spacial score (nSPS) is 18.0. The van der Waals surface area contributed by atoms with E-state index in [4.69, 9.17) is 4.98 Å². The zero-order valence-electron chi connectivity index (χ0n) is 18.8. The molecule has 0 bridgehead atoms. The van der Waals surface area contributed by atoms with Crippen LogP contribution < -0.4 is 0 Å². The van der Waals surface area contributed by atoms with E-state index in [-0.39, 0.29) is 6.10 Å².